The fourth-order valence-electron chi connectivity index (χ4n) is 7.14. The lowest BCUT2D eigenvalue weighted by atomic mass is 10.0. The summed E-state index contributed by atoms with van der Waals surface area (Å²) in [6, 6.07) is 26.2. The average Bonchev–Trinajstić information content (AvgIpc) is 3.23. The van der Waals surface area contributed by atoms with Crippen molar-refractivity contribution < 1.29 is 32.5 Å². The first kappa shape index (κ1) is 49.5. The molecule has 0 fully saturated rings. The first-order valence-corrected chi connectivity index (χ1v) is 23.6. The van der Waals surface area contributed by atoms with Crippen LogP contribution in [0.4, 0.5) is 0 Å². The molecular weight excluding hydrogens is 762 g/mol. The van der Waals surface area contributed by atoms with E-state index in [0.717, 1.165) is 93.7 Å². The number of phosphoric acid groups is 1. The molecule has 3 rings (SSSR count). The monoisotopic (exact) mass is 834 g/mol. The molecule has 3 amide bonds. The number of hydrogen-bond acceptors (Lipinski definition) is 7. The van der Waals surface area contributed by atoms with Crippen molar-refractivity contribution in [1.82, 2.24) is 16.0 Å². The molecule has 0 aliphatic rings. The first-order chi connectivity index (χ1) is 28.5. The molecule has 59 heavy (non-hydrogen) atoms. The second kappa shape index (κ2) is 27.8. The van der Waals surface area contributed by atoms with E-state index in [1.165, 1.54) is 0 Å². The van der Waals surface area contributed by atoms with E-state index in [-0.39, 0.29) is 17.7 Å². The van der Waals surface area contributed by atoms with Crippen LogP contribution in [0.2, 0.25) is 0 Å². The lowest BCUT2D eigenvalue weighted by Gasteiger charge is -2.34. The highest BCUT2D eigenvalue weighted by molar-refractivity contribution is 7.48. The zero-order chi connectivity index (χ0) is 42.9. The van der Waals surface area contributed by atoms with Gasteiger partial charge in [0.25, 0.3) is 0 Å². The third kappa shape index (κ3) is 18.5. The van der Waals surface area contributed by atoms with Gasteiger partial charge in [0.1, 0.15) is 0 Å². The molecule has 6 atom stereocenters. The van der Waals surface area contributed by atoms with Gasteiger partial charge in [0.15, 0.2) is 0 Å². The summed E-state index contributed by atoms with van der Waals surface area (Å²) >= 11 is 0. The molecule has 0 radical (unpaired) electrons. The zero-order valence-electron chi connectivity index (χ0n) is 36.5. The van der Waals surface area contributed by atoms with Gasteiger partial charge in [-0.1, -0.05) is 170 Å². The number of benzene rings is 3. The Morgan fingerprint density at radius 3 is 0.932 bits per heavy atom. The standard InChI is InChI=1S/C48H72N3O7P/c1-7-10-13-25-34-43(52)49-46(40-28-19-16-20-29-40)37(4)56-59(55,57-38(5)47(41-30-21-17-22-31-41)50-44(53)35-26-14-11-8-2)58-39(6)48(42-32-23-18-24-33-42)51-45(54)36-27-15-12-9-3/h16-24,28-33,37-39,46-48H,7-15,25-27,34-36H2,1-6H3,(H,49,52)(H,50,53)(H,51,54). The molecule has 3 N–H and O–H groups in total. The van der Waals surface area contributed by atoms with E-state index in [4.69, 9.17) is 13.6 Å². The highest BCUT2D eigenvalue weighted by atomic mass is 31.2. The number of rotatable bonds is 30. The molecule has 3 aromatic rings. The fraction of sp³-hybridized carbons (Fsp3) is 0.562. The van der Waals surface area contributed by atoms with Crippen LogP contribution in [0.3, 0.4) is 0 Å². The maximum Gasteiger partial charge on any atom is 0.475 e. The average molecular weight is 834 g/mol. The summed E-state index contributed by atoms with van der Waals surface area (Å²) in [5, 5.41) is 9.41. The summed E-state index contributed by atoms with van der Waals surface area (Å²) in [7, 11) is -4.59. The number of amides is 3. The Morgan fingerprint density at radius 1 is 0.441 bits per heavy atom. The van der Waals surface area contributed by atoms with Crippen LogP contribution >= 0.6 is 7.82 Å². The van der Waals surface area contributed by atoms with Crippen molar-refractivity contribution in [3.63, 3.8) is 0 Å². The molecule has 0 saturated carbocycles. The minimum absolute atomic E-state index is 0.139. The maximum absolute atomic E-state index is 15.4. The summed E-state index contributed by atoms with van der Waals surface area (Å²) in [4.78, 5) is 40.1. The van der Waals surface area contributed by atoms with Gasteiger partial charge in [-0.3, -0.25) is 28.0 Å². The molecular formula is C48H72N3O7P. The number of nitrogens with one attached hydrogen (secondary N) is 3. The van der Waals surface area contributed by atoms with Crippen LogP contribution in [-0.4, -0.2) is 36.0 Å². The Bertz CT molecular complexity index is 1470. The lowest BCUT2D eigenvalue weighted by molar-refractivity contribution is -0.123. The van der Waals surface area contributed by atoms with E-state index in [1.807, 2.05) is 91.0 Å². The quantitative estimate of drug-likeness (QED) is 0.0450. The van der Waals surface area contributed by atoms with Gasteiger partial charge in [-0.25, -0.2) is 4.57 Å². The summed E-state index contributed by atoms with van der Waals surface area (Å²) in [6.07, 6.45) is 9.83. The Labute approximate surface area is 355 Å². The van der Waals surface area contributed by atoms with Gasteiger partial charge in [0.2, 0.25) is 17.7 Å². The minimum Gasteiger partial charge on any atom is -0.347 e. The number of unbranched alkanes of at least 4 members (excludes halogenated alkanes) is 9. The highest BCUT2D eigenvalue weighted by Gasteiger charge is 2.41. The largest absolute Gasteiger partial charge is 0.475 e. The second-order valence-corrected chi connectivity index (χ2v) is 17.2. The van der Waals surface area contributed by atoms with Crippen LogP contribution in [0.5, 0.6) is 0 Å². The molecule has 11 heteroatoms. The highest BCUT2D eigenvalue weighted by Crippen LogP contribution is 2.56. The van der Waals surface area contributed by atoms with Gasteiger partial charge in [0.05, 0.1) is 36.4 Å². The Hall–Kier alpha value is -3.82. The molecule has 3 aromatic carbocycles. The number of carbonyl (C=O) groups is 3. The van der Waals surface area contributed by atoms with Gasteiger partial charge in [0, 0.05) is 19.3 Å². The third-order valence-corrected chi connectivity index (χ3v) is 12.3. The lowest BCUT2D eigenvalue weighted by Crippen LogP contribution is -2.39. The molecule has 10 nitrogen and oxygen atoms in total. The molecule has 0 aliphatic heterocycles. The topological polar surface area (TPSA) is 132 Å². The van der Waals surface area contributed by atoms with Crippen LogP contribution in [0, 0.1) is 0 Å². The summed E-state index contributed by atoms with van der Waals surface area (Å²) in [5.74, 6) is -0.416. The smallest absolute Gasteiger partial charge is 0.347 e. The van der Waals surface area contributed by atoms with Crippen molar-refractivity contribution in [2.24, 2.45) is 0 Å². The summed E-state index contributed by atoms with van der Waals surface area (Å²) < 4.78 is 34.9. The van der Waals surface area contributed by atoms with Crippen molar-refractivity contribution in [1.29, 1.82) is 0 Å². The molecule has 0 saturated heterocycles. The van der Waals surface area contributed by atoms with E-state index in [0.29, 0.717) is 19.3 Å². The van der Waals surface area contributed by atoms with Gasteiger partial charge in [-0.15, -0.1) is 0 Å². The number of hydrogen-bond donors (Lipinski definition) is 3. The first-order valence-electron chi connectivity index (χ1n) is 22.2. The predicted molar refractivity (Wildman–Crippen MR) is 238 cm³/mol. The summed E-state index contributed by atoms with van der Waals surface area (Å²) in [6.45, 7) is 11.6. The Kier molecular flexibility index (Phi) is 23.4. The Morgan fingerprint density at radius 2 is 0.695 bits per heavy atom. The summed E-state index contributed by atoms with van der Waals surface area (Å²) in [5.41, 5.74) is 2.30. The molecule has 6 unspecified atom stereocenters. The molecule has 0 heterocycles. The van der Waals surface area contributed by atoms with Gasteiger partial charge >= 0.3 is 7.82 Å². The third-order valence-electron chi connectivity index (χ3n) is 10.5. The van der Waals surface area contributed by atoms with E-state index < -0.39 is 44.3 Å². The van der Waals surface area contributed by atoms with E-state index >= 15 is 4.57 Å². The normalized spacial score (nSPS) is 15.5. The van der Waals surface area contributed by atoms with E-state index in [9.17, 15) is 14.4 Å². The SMILES string of the molecule is CCCCCCC(=O)NC(c1ccccc1)C(C)OP(=O)(OC(C)C(NC(=O)CCCCCC)c1ccccc1)OC(C)C(NC(=O)CCCCCC)c1ccccc1. The van der Waals surface area contributed by atoms with Crippen molar-refractivity contribution in [2.75, 3.05) is 0 Å². The van der Waals surface area contributed by atoms with Crippen LogP contribution in [0.1, 0.15) is 173 Å². The van der Waals surface area contributed by atoms with Crippen molar-refractivity contribution >= 4 is 25.5 Å². The van der Waals surface area contributed by atoms with Crippen LogP contribution in [0.25, 0.3) is 0 Å². The molecule has 0 bridgehead atoms. The van der Waals surface area contributed by atoms with Crippen molar-refractivity contribution in [3.8, 4) is 0 Å². The fourth-order valence-corrected chi connectivity index (χ4v) is 8.87. The number of carbonyl (C=O) groups excluding carboxylic acids is 3. The van der Waals surface area contributed by atoms with E-state index in [1.54, 1.807) is 20.8 Å². The zero-order valence-corrected chi connectivity index (χ0v) is 37.4. The van der Waals surface area contributed by atoms with Crippen LogP contribution in [0.15, 0.2) is 91.0 Å². The van der Waals surface area contributed by atoms with Gasteiger partial charge in [-0.2, -0.15) is 0 Å². The van der Waals surface area contributed by atoms with Crippen LogP contribution < -0.4 is 16.0 Å². The predicted octanol–water partition coefficient (Wildman–Crippen LogP) is 11.8. The Balaban J connectivity index is 2.01. The molecule has 326 valence electrons. The molecule has 0 spiro atoms. The maximum atomic E-state index is 15.4. The van der Waals surface area contributed by atoms with Gasteiger partial charge in [-0.05, 0) is 56.7 Å². The van der Waals surface area contributed by atoms with Crippen molar-refractivity contribution in [2.45, 2.75) is 174 Å². The van der Waals surface area contributed by atoms with E-state index in [2.05, 4.69) is 36.7 Å². The molecule has 0 aromatic heterocycles. The second-order valence-electron chi connectivity index (χ2n) is 15.7. The van der Waals surface area contributed by atoms with Gasteiger partial charge < -0.3 is 16.0 Å². The number of phosphoric ester groups is 1. The minimum atomic E-state index is -4.59. The van der Waals surface area contributed by atoms with Crippen molar-refractivity contribution in [3.05, 3.63) is 108 Å². The molecule has 0 aliphatic carbocycles. The van der Waals surface area contributed by atoms with Crippen LogP contribution in [-0.2, 0) is 32.5 Å².